The number of benzene rings is 1. The van der Waals surface area contributed by atoms with E-state index in [1.807, 2.05) is 63.4 Å². The maximum Gasteiger partial charge on any atom is 0.433 e. The van der Waals surface area contributed by atoms with Gasteiger partial charge in [-0.05, 0) is 43.7 Å². The molecule has 1 aromatic carbocycles. The number of hydrogen-bond donors (Lipinski definition) is 1. The summed E-state index contributed by atoms with van der Waals surface area (Å²) in [6.07, 6.45) is 3.42. The molecular weight excluding hydrogens is 450 g/mol. The molecule has 0 radical (unpaired) electrons. The molecule has 4 heterocycles. The predicted octanol–water partition coefficient (Wildman–Crippen LogP) is 5.38. The van der Waals surface area contributed by atoms with Crippen LogP contribution in [-0.4, -0.2) is 40.0 Å². The van der Waals surface area contributed by atoms with Gasteiger partial charge in [0.2, 0.25) is 0 Å². The molecule has 3 aromatic heterocycles. The number of aromatic nitrogens is 3. The van der Waals surface area contributed by atoms with Crippen molar-refractivity contribution in [2.45, 2.75) is 19.3 Å². The van der Waals surface area contributed by atoms with Crippen molar-refractivity contribution in [3.63, 3.8) is 0 Å². The summed E-state index contributed by atoms with van der Waals surface area (Å²) in [5.74, 6) is 0.427. The van der Waals surface area contributed by atoms with Gasteiger partial charge in [0.25, 0.3) is 0 Å². The van der Waals surface area contributed by atoms with Crippen LogP contribution in [0.5, 0.6) is 0 Å². The molecule has 4 aromatic rings. The molecule has 36 heavy (non-hydrogen) atoms. The first-order valence-electron chi connectivity index (χ1n) is 11.5. The second kappa shape index (κ2) is 7.97. The maximum absolute atomic E-state index is 13.9. The zero-order valence-corrected chi connectivity index (χ0v) is 20.6. The number of rotatable bonds is 3. The predicted molar refractivity (Wildman–Crippen MR) is 142 cm³/mol. The summed E-state index contributed by atoms with van der Waals surface area (Å²) in [5, 5.41) is 9.55. The number of anilines is 1. The van der Waals surface area contributed by atoms with Crippen molar-refractivity contribution >= 4 is 40.0 Å². The number of carbonyl (C=O) groups excluding carboxylic acids is 1. The standard InChI is InChI=1S/C28H26N7O/c1-17-21-15-31-23-12-11-22(18-6-13-24(30)32-14-18)33-25(23)26(21)35(5,27(36)34(17)4)20-9-7-19(8-10-20)28(2,3)16-29/h6-15H,1H2,2-5H3,(H2,30,32)/q+1. The van der Waals surface area contributed by atoms with Crippen LogP contribution in [0.15, 0.2) is 67.5 Å². The smallest absolute Gasteiger partial charge is 0.384 e. The van der Waals surface area contributed by atoms with Crippen LogP contribution in [0, 0.1) is 11.3 Å². The first-order chi connectivity index (χ1) is 17.1. The molecule has 0 saturated carbocycles. The fraction of sp³-hybridized carbons (Fsp3) is 0.179. The lowest BCUT2D eigenvalue weighted by Gasteiger charge is -2.40. The van der Waals surface area contributed by atoms with E-state index < -0.39 is 5.41 Å². The van der Waals surface area contributed by atoms with E-state index in [0.29, 0.717) is 33.9 Å². The molecule has 0 aliphatic carbocycles. The fourth-order valence-corrected chi connectivity index (χ4v) is 4.61. The molecular formula is C28H26N7O+. The van der Waals surface area contributed by atoms with Gasteiger partial charge in [0.05, 0.1) is 41.0 Å². The van der Waals surface area contributed by atoms with E-state index in [9.17, 15) is 10.1 Å². The Hall–Kier alpha value is -4.61. The maximum atomic E-state index is 13.9. The largest absolute Gasteiger partial charge is 0.433 e. The lowest BCUT2D eigenvalue weighted by atomic mass is 9.86. The summed E-state index contributed by atoms with van der Waals surface area (Å²) >= 11 is 0. The molecule has 0 saturated heterocycles. The lowest BCUT2D eigenvalue weighted by Crippen LogP contribution is -2.55. The molecule has 1 aliphatic heterocycles. The molecule has 8 heteroatoms. The minimum absolute atomic E-state index is 0.159. The number of nitrogens with zero attached hydrogens (tertiary/aromatic N) is 6. The molecule has 5 rings (SSSR count). The molecule has 2 N–H and O–H groups in total. The van der Waals surface area contributed by atoms with Gasteiger partial charge in [-0.25, -0.2) is 14.8 Å². The molecule has 178 valence electrons. The molecule has 1 aliphatic rings. The van der Waals surface area contributed by atoms with E-state index in [-0.39, 0.29) is 10.5 Å². The van der Waals surface area contributed by atoms with E-state index in [2.05, 4.69) is 22.6 Å². The Bertz CT molecular complexity index is 1580. The topological polar surface area (TPSA) is 109 Å². The average molecular weight is 477 g/mol. The van der Waals surface area contributed by atoms with Crippen LogP contribution in [0.4, 0.5) is 22.0 Å². The van der Waals surface area contributed by atoms with Crippen LogP contribution >= 0.6 is 0 Å². The quantitative estimate of drug-likeness (QED) is 0.398. The Kier molecular flexibility index (Phi) is 5.12. The number of carbonyl (C=O) groups is 1. The number of pyridine rings is 3. The first-order valence-corrected chi connectivity index (χ1v) is 11.5. The Morgan fingerprint density at radius 1 is 1.06 bits per heavy atom. The highest BCUT2D eigenvalue weighted by Crippen LogP contribution is 2.47. The molecule has 2 amide bonds. The van der Waals surface area contributed by atoms with Gasteiger partial charge in [0.15, 0.2) is 11.2 Å². The van der Waals surface area contributed by atoms with Gasteiger partial charge in [-0.3, -0.25) is 9.88 Å². The number of nitrogens with two attached hydrogens (primary N) is 1. The zero-order valence-electron chi connectivity index (χ0n) is 20.6. The number of nitrogen functional groups attached to an aromatic ring is 1. The van der Waals surface area contributed by atoms with Crippen molar-refractivity contribution < 1.29 is 4.79 Å². The van der Waals surface area contributed by atoms with E-state index in [0.717, 1.165) is 22.4 Å². The average Bonchev–Trinajstić information content (AvgIpc) is 2.90. The Morgan fingerprint density at radius 3 is 2.42 bits per heavy atom. The highest BCUT2D eigenvalue weighted by atomic mass is 16.2. The zero-order chi connectivity index (χ0) is 25.8. The van der Waals surface area contributed by atoms with Crippen molar-refractivity contribution in [1.82, 2.24) is 24.3 Å². The molecule has 1 atom stereocenters. The van der Waals surface area contributed by atoms with Crippen molar-refractivity contribution in [2.24, 2.45) is 0 Å². The van der Waals surface area contributed by atoms with Crippen LogP contribution in [0.2, 0.25) is 0 Å². The van der Waals surface area contributed by atoms with E-state index in [4.69, 9.17) is 10.7 Å². The van der Waals surface area contributed by atoms with Crippen LogP contribution in [0.25, 0.3) is 28.0 Å². The number of urea groups is 1. The highest BCUT2D eigenvalue weighted by Gasteiger charge is 2.49. The lowest BCUT2D eigenvalue weighted by molar-refractivity contribution is 0.203. The van der Waals surface area contributed by atoms with Crippen molar-refractivity contribution in [3.05, 3.63) is 78.6 Å². The van der Waals surface area contributed by atoms with Gasteiger partial charge in [-0.1, -0.05) is 18.7 Å². The normalized spacial score (nSPS) is 17.7. The minimum atomic E-state index is -0.647. The number of nitriles is 1. The van der Waals surface area contributed by atoms with Crippen LogP contribution < -0.4 is 10.2 Å². The van der Waals surface area contributed by atoms with Crippen molar-refractivity contribution in [1.29, 1.82) is 5.26 Å². The van der Waals surface area contributed by atoms with Crippen LogP contribution in [0.3, 0.4) is 0 Å². The minimum Gasteiger partial charge on any atom is -0.384 e. The third-order valence-electron chi connectivity index (χ3n) is 6.99. The van der Waals surface area contributed by atoms with Gasteiger partial charge < -0.3 is 5.73 Å². The summed E-state index contributed by atoms with van der Waals surface area (Å²) < 4.78 is -0.159. The first kappa shape index (κ1) is 23.1. The number of quaternary nitrogens is 1. The van der Waals surface area contributed by atoms with Gasteiger partial charge in [-0.15, -0.1) is 0 Å². The molecule has 0 fully saturated rings. The third-order valence-corrected chi connectivity index (χ3v) is 6.99. The third kappa shape index (κ3) is 3.33. The van der Waals surface area contributed by atoms with E-state index in [1.54, 1.807) is 30.4 Å². The van der Waals surface area contributed by atoms with Gasteiger partial charge in [0.1, 0.15) is 11.5 Å². The summed E-state index contributed by atoms with van der Waals surface area (Å²) in [6, 6.07) is 17.1. The number of hydrogen-bond acceptors (Lipinski definition) is 6. The van der Waals surface area contributed by atoms with Gasteiger partial charge in [-0.2, -0.15) is 9.74 Å². The van der Waals surface area contributed by atoms with E-state index >= 15 is 0 Å². The molecule has 0 spiro atoms. The summed E-state index contributed by atoms with van der Waals surface area (Å²) in [4.78, 5) is 29.2. The highest BCUT2D eigenvalue weighted by molar-refractivity contribution is 6.10. The van der Waals surface area contributed by atoms with Crippen LogP contribution in [-0.2, 0) is 5.41 Å². The molecule has 1 unspecified atom stereocenters. The van der Waals surface area contributed by atoms with Crippen molar-refractivity contribution in [3.8, 4) is 17.3 Å². The number of fused-ring (bicyclic) bond motifs is 3. The Balaban J connectivity index is 1.78. The SMILES string of the molecule is C=C1c2cnc3ccc(-c4ccc(N)nc4)nc3c2[N+](C)(c2ccc(C(C)(C)C#N)cc2)C(=O)N1C. The van der Waals surface area contributed by atoms with Crippen molar-refractivity contribution in [2.75, 3.05) is 19.8 Å². The van der Waals surface area contributed by atoms with Gasteiger partial charge >= 0.3 is 6.03 Å². The second-order valence-electron chi connectivity index (χ2n) is 9.63. The molecule has 0 bridgehead atoms. The second-order valence-corrected chi connectivity index (χ2v) is 9.63. The fourth-order valence-electron chi connectivity index (χ4n) is 4.61. The Labute approximate surface area is 209 Å². The summed E-state index contributed by atoms with van der Waals surface area (Å²) in [7, 11) is 3.57. The van der Waals surface area contributed by atoms with Gasteiger partial charge in [0, 0.05) is 37.1 Å². The summed E-state index contributed by atoms with van der Waals surface area (Å²) in [6.45, 7) is 7.91. The Morgan fingerprint density at radius 2 is 1.78 bits per heavy atom. The number of amides is 2. The van der Waals surface area contributed by atoms with E-state index in [1.165, 1.54) is 0 Å². The van der Waals surface area contributed by atoms with Crippen LogP contribution in [0.1, 0.15) is 25.0 Å². The molecule has 8 nitrogen and oxygen atoms in total. The monoisotopic (exact) mass is 476 g/mol. The summed E-state index contributed by atoms with van der Waals surface area (Å²) in [5.41, 5.74) is 11.5.